The molecule has 3 nitrogen and oxygen atoms in total. The van der Waals surface area contributed by atoms with E-state index in [0.717, 1.165) is 24.1 Å². The fourth-order valence-electron chi connectivity index (χ4n) is 2.63. The van der Waals surface area contributed by atoms with Crippen LogP contribution in [-0.4, -0.2) is 17.1 Å². The minimum Gasteiger partial charge on any atom is -0.480 e. The van der Waals surface area contributed by atoms with Crippen LogP contribution in [0.2, 0.25) is 0 Å². The van der Waals surface area contributed by atoms with Gasteiger partial charge in [-0.1, -0.05) is 26.0 Å². The molecule has 0 aliphatic heterocycles. The number of rotatable bonds is 7. The molecule has 1 aromatic rings. The van der Waals surface area contributed by atoms with Crippen molar-refractivity contribution in [3.63, 3.8) is 0 Å². The Bertz CT molecular complexity index is 485. The third-order valence-electron chi connectivity index (χ3n) is 3.64. The fourth-order valence-corrected chi connectivity index (χ4v) is 2.63. The lowest BCUT2D eigenvalue weighted by Gasteiger charge is -2.19. The first-order valence-corrected chi connectivity index (χ1v) is 7.24. The molecule has 0 aromatic heterocycles. The first kappa shape index (κ1) is 18.5. The first-order valence-electron chi connectivity index (χ1n) is 7.24. The molecule has 0 aliphatic rings. The zero-order valence-electron chi connectivity index (χ0n) is 12.7. The summed E-state index contributed by atoms with van der Waals surface area (Å²) in [7, 11) is 0. The van der Waals surface area contributed by atoms with Crippen LogP contribution in [0.1, 0.15) is 37.8 Å². The van der Waals surface area contributed by atoms with Crippen molar-refractivity contribution in [2.75, 3.05) is 0 Å². The summed E-state index contributed by atoms with van der Waals surface area (Å²) < 4.78 is 37.4. The molecule has 0 radical (unpaired) electrons. The number of halogens is 3. The molecule has 0 saturated heterocycles. The number of carboxylic acid groups (broad SMARTS) is 1. The summed E-state index contributed by atoms with van der Waals surface area (Å²) in [4.78, 5) is 10.7. The molecule has 0 saturated carbocycles. The zero-order valence-corrected chi connectivity index (χ0v) is 12.7. The highest BCUT2D eigenvalue weighted by molar-refractivity contribution is 5.72. The molecule has 6 heteroatoms. The Labute approximate surface area is 128 Å². The molecule has 0 heterocycles. The van der Waals surface area contributed by atoms with Crippen LogP contribution in [0, 0.1) is 11.8 Å². The summed E-state index contributed by atoms with van der Waals surface area (Å²) in [6, 6.07) is 4.30. The second-order valence-corrected chi connectivity index (χ2v) is 6.03. The van der Waals surface area contributed by atoms with E-state index in [4.69, 9.17) is 10.8 Å². The summed E-state index contributed by atoms with van der Waals surface area (Å²) in [6.45, 7) is 3.94. The van der Waals surface area contributed by atoms with Crippen molar-refractivity contribution in [3.8, 4) is 0 Å². The normalized spacial score (nSPS) is 16.1. The van der Waals surface area contributed by atoms with Crippen LogP contribution in [0.5, 0.6) is 0 Å². The van der Waals surface area contributed by atoms with E-state index in [1.807, 2.05) is 13.8 Å². The van der Waals surface area contributed by atoms with Crippen LogP contribution in [0.15, 0.2) is 24.3 Å². The number of carboxylic acids is 1. The van der Waals surface area contributed by atoms with Crippen molar-refractivity contribution in [3.05, 3.63) is 35.4 Å². The molecular formula is C16H22F3NO2. The first-order chi connectivity index (χ1) is 10.1. The molecule has 1 rings (SSSR count). The highest BCUT2D eigenvalue weighted by Crippen LogP contribution is 2.29. The standard InChI is InChI=1S/C16H22F3NO2/c1-10(7-11(2)9-14(20)15(21)22)8-12-3-5-13(6-4-12)16(17,18)19/h3-6,10-11,14H,7-9,20H2,1-2H3,(H,21,22). The van der Waals surface area contributed by atoms with Gasteiger partial charge in [0, 0.05) is 0 Å². The van der Waals surface area contributed by atoms with Gasteiger partial charge in [0.1, 0.15) is 6.04 Å². The Balaban J connectivity index is 2.51. The molecular weight excluding hydrogens is 295 g/mol. The summed E-state index contributed by atoms with van der Waals surface area (Å²) in [5.41, 5.74) is 5.69. The molecule has 0 aliphatic carbocycles. The maximum atomic E-state index is 12.5. The maximum absolute atomic E-state index is 12.5. The molecule has 0 bridgehead atoms. The molecule has 0 fully saturated rings. The van der Waals surface area contributed by atoms with Gasteiger partial charge in [-0.3, -0.25) is 4.79 Å². The second kappa shape index (κ2) is 7.63. The lowest BCUT2D eigenvalue weighted by Crippen LogP contribution is -2.32. The number of aliphatic carboxylic acids is 1. The Kier molecular flexibility index (Phi) is 6.41. The predicted molar refractivity (Wildman–Crippen MR) is 78.3 cm³/mol. The van der Waals surface area contributed by atoms with Crippen LogP contribution in [-0.2, 0) is 17.4 Å². The van der Waals surface area contributed by atoms with Crippen molar-refractivity contribution >= 4 is 5.97 Å². The van der Waals surface area contributed by atoms with Gasteiger partial charge in [-0.15, -0.1) is 0 Å². The van der Waals surface area contributed by atoms with E-state index in [0.29, 0.717) is 12.8 Å². The van der Waals surface area contributed by atoms with Crippen LogP contribution in [0.25, 0.3) is 0 Å². The lowest BCUT2D eigenvalue weighted by atomic mass is 9.88. The van der Waals surface area contributed by atoms with Crippen molar-refractivity contribution in [1.82, 2.24) is 0 Å². The van der Waals surface area contributed by atoms with E-state index in [1.165, 1.54) is 12.1 Å². The third-order valence-corrected chi connectivity index (χ3v) is 3.64. The SMILES string of the molecule is CC(Cc1ccc(C(F)(F)F)cc1)CC(C)CC(N)C(=O)O. The fraction of sp³-hybridized carbons (Fsp3) is 0.562. The monoisotopic (exact) mass is 317 g/mol. The highest BCUT2D eigenvalue weighted by atomic mass is 19.4. The maximum Gasteiger partial charge on any atom is 0.416 e. The molecule has 3 N–H and O–H groups in total. The quantitative estimate of drug-likeness (QED) is 0.806. The van der Waals surface area contributed by atoms with Gasteiger partial charge in [0.15, 0.2) is 0 Å². The van der Waals surface area contributed by atoms with E-state index in [-0.39, 0.29) is 11.8 Å². The van der Waals surface area contributed by atoms with Gasteiger partial charge >= 0.3 is 12.1 Å². The number of hydrogen-bond acceptors (Lipinski definition) is 2. The smallest absolute Gasteiger partial charge is 0.416 e. The van der Waals surface area contributed by atoms with Gasteiger partial charge in [-0.05, 0) is 48.8 Å². The number of carbonyl (C=O) groups is 1. The zero-order chi connectivity index (χ0) is 16.9. The Morgan fingerprint density at radius 1 is 1.14 bits per heavy atom. The average molecular weight is 317 g/mol. The molecule has 1 aromatic carbocycles. The summed E-state index contributed by atoms with van der Waals surface area (Å²) in [6.07, 6.45) is -2.48. The number of nitrogens with two attached hydrogens (primary N) is 1. The minimum atomic E-state index is -4.31. The highest BCUT2D eigenvalue weighted by Gasteiger charge is 2.30. The average Bonchev–Trinajstić information content (AvgIpc) is 2.37. The molecule has 22 heavy (non-hydrogen) atoms. The van der Waals surface area contributed by atoms with E-state index >= 15 is 0 Å². The Hall–Kier alpha value is -1.56. The second-order valence-electron chi connectivity index (χ2n) is 6.03. The predicted octanol–water partition coefficient (Wildman–Crippen LogP) is 3.71. The topological polar surface area (TPSA) is 63.3 Å². The molecule has 3 atom stereocenters. The third kappa shape index (κ3) is 6.05. The molecule has 3 unspecified atom stereocenters. The van der Waals surface area contributed by atoms with Crippen LogP contribution < -0.4 is 5.73 Å². The minimum absolute atomic E-state index is 0.149. The van der Waals surface area contributed by atoms with Crippen molar-refractivity contribution < 1.29 is 23.1 Å². The lowest BCUT2D eigenvalue weighted by molar-refractivity contribution is -0.139. The number of alkyl halides is 3. The summed E-state index contributed by atoms with van der Waals surface area (Å²) in [5, 5.41) is 8.78. The van der Waals surface area contributed by atoms with E-state index in [9.17, 15) is 18.0 Å². The van der Waals surface area contributed by atoms with E-state index in [1.54, 1.807) is 0 Å². The van der Waals surface area contributed by atoms with Gasteiger partial charge in [0.2, 0.25) is 0 Å². The van der Waals surface area contributed by atoms with Crippen LogP contribution in [0.4, 0.5) is 13.2 Å². The van der Waals surface area contributed by atoms with Crippen molar-refractivity contribution in [2.24, 2.45) is 17.6 Å². The largest absolute Gasteiger partial charge is 0.480 e. The Morgan fingerprint density at radius 3 is 2.14 bits per heavy atom. The summed E-state index contributed by atoms with van der Waals surface area (Å²) >= 11 is 0. The van der Waals surface area contributed by atoms with Gasteiger partial charge in [0.25, 0.3) is 0 Å². The van der Waals surface area contributed by atoms with Crippen LogP contribution >= 0.6 is 0 Å². The van der Waals surface area contributed by atoms with Crippen LogP contribution in [0.3, 0.4) is 0 Å². The molecule has 124 valence electrons. The van der Waals surface area contributed by atoms with E-state index < -0.39 is 23.8 Å². The van der Waals surface area contributed by atoms with E-state index in [2.05, 4.69) is 0 Å². The molecule has 0 amide bonds. The Morgan fingerprint density at radius 2 is 1.68 bits per heavy atom. The van der Waals surface area contributed by atoms with Crippen molar-refractivity contribution in [1.29, 1.82) is 0 Å². The van der Waals surface area contributed by atoms with Gasteiger partial charge in [-0.2, -0.15) is 13.2 Å². The molecule has 0 spiro atoms. The van der Waals surface area contributed by atoms with Gasteiger partial charge < -0.3 is 10.8 Å². The number of benzene rings is 1. The number of hydrogen-bond donors (Lipinski definition) is 2. The van der Waals surface area contributed by atoms with Gasteiger partial charge in [0.05, 0.1) is 5.56 Å². The van der Waals surface area contributed by atoms with Crippen molar-refractivity contribution in [2.45, 2.75) is 45.3 Å². The van der Waals surface area contributed by atoms with Gasteiger partial charge in [-0.25, -0.2) is 0 Å². The summed E-state index contributed by atoms with van der Waals surface area (Å²) in [5.74, 6) is -0.620.